The number of rotatable bonds is 2. The smallest absolute Gasteiger partial charge is 0.309 e. The maximum Gasteiger partial charge on any atom is 0.309 e. The Labute approximate surface area is 97.0 Å². The van der Waals surface area contributed by atoms with Crippen LogP contribution in [-0.2, 0) is 22.4 Å². The van der Waals surface area contributed by atoms with Crippen LogP contribution in [-0.4, -0.2) is 17.6 Å². The van der Waals surface area contributed by atoms with Gasteiger partial charge in [-0.25, -0.2) is 0 Å². The Balaban J connectivity index is 2.12. The Morgan fingerprint density at radius 2 is 2.47 bits per heavy atom. The highest BCUT2D eigenvalue weighted by Crippen LogP contribution is 2.27. The van der Waals surface area contributed by atoms with E-state index in [0.29, 0.717) is 13.0 Å². The van der Waals surface area contributed by atoms with Gasteiger partial charge in [-0.15, -0.1) is 0 Å². The van der Waals surface area contributed by atoms with Gasteiger partial charge in [0, 0.05) is 22.8 Å². The molecule has 1 unspecified atom stereocenters. The van der Waals surface area contributed by atoms with Crippen LogP contribution in [0.3, 0.4) is 0 Å². The number of hydrogen-bond acceptors (Lipinski definition) is 3. The van der Waals surface area contributed by atoms with E-state index in [1.165, 1.54) is 0 Å². The summed E-state index contributed by atoms with van der Waals surface area (Å²) < 4.78 is 5.97. The summed E-state index contributed by atoms with van der Waals surface area (Å²) in [6, 6.07) is 2.03. The Kier molecular flexibility index (Phi) is 3.05. The van der Waals surface area contributed by atoms with Gasteiger partial charge in [0.05, 0.1) is 12.5 Å². The van der Waals surface area contributed by atoms with Crippen LogP contribution in [0.5, 0.6) is 0 Å². The zero-order chi connectivity index (χ0) is 10.8. The fourth-order valence-electron chi connectivity index (χ4n) is 1.87. The minimum absolute atomic E-state index is 0.0400. The Morgan fingerprint density at radius 3 is 3.20 bits per heavy atom. The molecule has 15 heavy (non-hydrogen) atoms. The molecule has 1 aliphatic carbocycles. The van der Waals surface area contributed by atoms with Crippen molar-refractivity contribution in [3.05, 3.63) is 28.0 Å². The van der Waals surface area contributed by atoms with E-state index in [9.17, 15) is 4.79 Å². The van der Waals surface area contributed by atoms with Gasteiger partial charge in [-0.2, -0.15) is 0 Å². The molecule has 0 fully saturated rings. The third-order valence-electron chi connectivity index (χ3n) is 2.55. The summed E-state index contributed by atoms with van der Waals surface area (Å²) >= 11 is 3.37. The monoisotopic (exact) mass is 269 g/mol. The zero-order valence-corrected chi connectivity index (χ0v) is 10.1. The molecule has 1 aromatic heterocycles. The summed E-state index contributed by atoms with van der Waals surface area (Å²) in [5.41, 5.74) is 2.18. The van der Waals surface area contributed by atoms with Crippen LogP contribution >= 0.6 is 15.9 Å². The summed E-state index contributed by atoms with van der Waals surface area (Å²) in [4.78, 5) is 15.8. The van der Waals surface area contributed by atoms with Gasteiger partial charge in [0.25, 0.3) is 0 Å². The average Bonchev–Trinajstić information content (AvgIpc) is 2.60. The fourth-order valence-corrected chi connectivity index (χ4v) is 2.25. The quantitative estimate of drug-likeness (QED) is 0.773. The molecule has 0 radical (unpaired) electrons. The Morgan fingerprint density at radius 1 is 1.67 bits per heavy atom. The molecule has 80 valence electrons. The second-order valence-electron chi connectivity index (χ2n) is 3.62. The molecule has 0 aliphatic heterocycles. The van der Waals surface area contributed by atoms with Gasteiger partial charge < -0.3 is 4.74 Å². The van der Waals surface area contributed by atoms with Gasteiger partial charge >= 0.3 is 5.97 Å². The lowest BCUT2D eigenvalue weighted by atomic mass is 10.1. The van der Waals surface area contributed by atoms with Crippen molar-refractivity contribution in [3.63, 3.8) is 0 Å². The van der Waals surface area contributed by atoms with Crippen molar-refractivity contribution in [2.75, 3.05) is 6.61 Å². The molecular weight excluding hydrogens is 258 g/mol. The standard InChI is InChI=1S/C11H12BrNO2/c1-2-15-11(14)8-3-7-4-9(12)6-13-10(7)5-8/h4,6,8H,2-3,5H2,1H3. The van der Waals surface area contributed by atoms with Crippen molar-refractivity contribution >= 4 is 21.9 Å². The van der Waals surface area contributed by atoms with Crippen LogP contribution in [0, 0.1) is 5.92 Å². The van der Waals surface area contributed by atoms with Gasteiger partial charge in [0.15, 0.2) is 0 Å². The van der Waals surface area contributed by atoms with Crippen LogP contribution in [0.2, 0.25) is 0 Å². The van der Waals surface area contributed by atoms with Crippen molar-refractivity contribution in [3.8, 4) is 0 Å². The van der Waals surface area contributed by atoms with Crippen molar-refractivity contribution in [1.82, 2.24) is 4.98 Å². The molecule has 1 aliphatic rings. The minimum Gasteiger partial charge on any atom is -0.466 e. The van der Waals surface area contributed by atoms with Gasteiger partial charge in [0.2, 0.25) is 0 Å². The first kappa shape index (κ1) is 10.6. The van der Waals surface area contributed by atoms with E-state index in [-0.39, 0.29) is 11.9 Å². The van der Waals surface area contributed by atoms with Crippen molar-refractivity contribution in [2.45, 2.75) is 19.8 Å². The summed E-state index contributed by atoms with van der Waals surface area (Å²) in [6.07, 6.45) is 3.23. The summed E-state index contributed by atoms with van der Waals surface area (Å²) in [5.74, 6) is -0.145. The van der Waals surface area contributed by atoms with Crippen molar-refractivity contribution in [2.24, 2.45) is 5.92 Å². The fraction of sp³-hybridized carbons (Fsp3) is 0.455. The molecule has 0 saturated heterocycles. The van der Waals surface area contributed by atoms with Crippen LogP contribution in [0.15, 0.2) is 16.7 Å². The summed E-state index contributed by atoms with van der Waals surface area (Å²) in [6.45, 7) is 2.28. The first-order valence-corrected chi connectivity index (χ1v) is 5.80. The van der Waals surface area contributed by atoms with Gasteiger partial charge in [-0.3, -0.25) is 9.78 Å². The lowest BCUT2D eigenvalue weighted by Crippen LogP contribution is -2.17. The van der Waals surface area contributed by atoms with Crippen LogP contribution in [0.25, 0.3) is 0 Å². The number of carbonyl (C=O) groups excluding carboxylic acids is 1. The topological polar surface area (TPSA) is 39.2 Å². The third kappa shape index (κ3) is 2.20. The van der Waals surface area contributed by atoms with Gasteiger partial charge in [-0.05, 0) is 40.9 Å². The molecule has 0 N–H and O–H groups in total. The van der Waals surface area contributed by atoms with E-state index in [4.69, 9.17) is 4.74 Å². The zero-order valence-electron chi connectivity index (χ0n) is 8.50. The molecule has 1 atom stereocenters. The average molecular weight is 270 g/mol. The van der Waals surface area contributed by atoms with Crippen LogP contribution < -0.4 is 0 Å². The molecule has 0 bridgehead atoms. The molecular formula is C11H12BrNO2. The SMILES string of the molecule is CCOC(=O)C1Cc2cc(Br)cnc2C1. The summed E-state index contributed by atoms with van der Waals surface area (Å²) in [7, 11) is 0. The number of fused-ring (bicyclic) bond motifs is 1. The summed E-state index contributed by atoms with van der Waals surface area (Å²) in [5, 5.41) is 0. The lowest BCUT2D eigenvalue weighted by molar-refractivity contribution is -0.147. The molecule has 1 heterocycles. The highest BCUT2D eigenvalue weighted by molar-refractivity contribution is 9.10. The van der Waals surface area contributed by atoms with Crippen molar-refractivity contribution < 1.29 is 9.53 Å². The second-order valence-corrected chi connectivity index (χ2v) is 4.53. The minimum atomic E-state index is -0.105. The number of nitrogens with zero attached hydrogens (tertiary/aromatic N) is 1. The molecule has 0 aromatic carbocycles. The maximum atomic E-state index is 11.5. The van der Waals surface area contributed by atoms with Crippen LogP contribution in [0.4, 0.5) is 0 Å². The highest BCUT2D eigenvalue weighted by Gasteiger charge is 2.29. The molecule has 1 aromatic rings. The highest BCUT2D eigenvalue weighted by atomic mass is 79.9. The third-order valence-corrected chi connectivity index (χ3v) is 2.99. The van der Waals surface area contributed by atoms with E-state index in [1.54, 1.807) is 6.20 Å². The predicted octanol–water partition coefficient (Wildman–Crippen LogP) is 2.12. The first-order valence-electron chi connectivity index (χ1n) is 5.00. The normalized spacial score (nSPS) is 18.7. The molecule has 2 rings (SSSR count). The van der Waals surface area contributed by atoms with E-state index in [2.05, 4.69) is 20.9 Å². The van der Waals surface area contributed by atoms with Crippen molar-refractivity contribution in [1.29, 1.82) is 0 Å². The molecule has 0 spiro atoms. The van der Waals surface area contributed by atoms with Crippen LogP contribution in [0.1, 0.15) is 18.2 Å². The second kappa shape index (κ2) is 4.31. The number of ether oxygens (including phenoxy) is 1. The van der Waals surface area contributed by atoms with Gasteiger partial charge in [-0.1, -0.05) is 0 Å². The van der Waals surface area contributed by atoms with Gasteiger partial charge in [0.1, 0.15) is 0 Å². The maximum absolute atomic E-state index is 11.5. The Bertz CT molecular complexity index is 392. The molecule has 3 nitrogen and oxygen atoms in total. The Hall–Kier alpha value is -0.900. The van der Waals surface area contributed by atoms with E-state index in [0.717, 1.165) is 22.2 Å². The number of esters is 1. The predicted molar refractivity (Wildman–Crippen MR) is 59.5 cm³/mol. The lowest BCUT2D eigenvalue weighted by Gasteiger charge is -2.06. The number of carbonyl (C=O) groups is 1. The van der Waals surface area contributed by atoms with E-state index in [1.807, 2.05) is 13.0 Å². The number of aromatic nitrogens is 1. The first-order chi connectivity index (χ1) is 7.20. The number of halogens is 1. The molecule has 4 heteroatoms. The number of hydrogen-bond donors (Lipinski definition) is 0. The number of pyridine rings is 1. The largest absolute Gasteiger partial charge is 0.466 e. The molecule has 0 amide bonds. The van der Waals surface area contributed by atoms with E-state index < -0.39 is 0 Å². The molecule has 0 saturated carbocycles. The van der Waals surface area contributed by atoms with E-state index >= 15 is 0 Å².